The molecule has 2 aromatic rings. The van der Waals surface area contributed by atoms with Crippen LogP contribution in [-0.4, -0.2) is 105 Å². The Morgan fingerprint density at radius 2 is 1.78 bits per heavy atom. The number of nitrogens with zero attached hydrogens (tertiary/aromatic N) is 2. The Hall–Kier alpha value is -4.47. The van der Waals surface area contributed by atoms with Gasteiger partial charge in [0, 0.05) is 30.8 Å². The van der Waals surface area contributed by atoms with Crippen LogP contribution in [0.3, 0.4) is 0 Å². The Morgan fingerprint density at radius 1 is 1.00 bits per heavy atom. The van der Waals surface area contributed by atoms with Gasteiger partial charge in [-0.05, 0) is 24.6 Å². The van der Waals surface area contributed by atoms with Crippen molar-refractivity contribution in [2.45, 2.75) is 38.0 Å². The maximum Gasteiger partial charge on any atom is 0.387 e. The molecule has 246 valence electrons. The van der Waals surface area contributed by atoms with Crippen LogP contribution < -0.4 is 15.4 Å². The molecule has 2 fully saturated rings. The lowest BCUT2D eigenvalue weighted by molar-refractivity contribution is -0.140. The molecule has 46 heavy (non-hydrogen) atoms. The smallest absolute Gasteiger partial charge is 0.387 e. The molecule has 15 heteroatoms. The van der Waals surface area contributed by atoms with Gasteiger partial charge in [0.15, 0.2) is 0 Å². The molecule has 2 saturated heterocycles. The van der Waals surface area contributed by atoms with Gasteiger partial charge in [0.2, 0.25) is 17.7 Å². The predicted octanol–water partition coefficient (Wildman–Crippen LogP) is 2.12. The van der Waals surface area contributed by atoms with Gasteiger partial charge in [-0.1, -0.05) is 24.3 Å². The molecule has 5 rings (SSSR count). The van der Waals surface area contributed by atoms with Gasteiger partial charge in [-0.3, -0.25) is 34.2 Å². The molecule has 0 aliphatic carbocycles. The maximum absolute atomic E-state index is 13.2. The van der Waals surface area contributed by atoms with E-state index in [0.29, 0.717) is 24.3 Å². The van der Waals surface area contributed by atoms with E-state index in [1.54, 1.807) is 35.2 Å². The first-order chi connectivity index (χ1) is 22.2. The number of alkyl halides is 2. The van der Waals surface area contributed by atoms with Gasteiger partial charge in [-0.2, -0.15) is 8.78 Å². The average Bonchev–Trinajstić information content (AvgIpc) is 3.29. The van der Waals surface area contributed by atoms with Crippen molar-refractivity contribution < 1.29 is 51.7 Å². The van der Waals surface area contributed by atoms with E-state index in [1.807, 2.05) is 0 Å². The van der Waals surface area contributed by atoms with E-state index in [2.05, 4.69) is 15.4 Å². The second-order valence-corrected chi connectivity index (χ2v) is 10.7. The molecule has 0 spiro atoms. The van der Waals surface area contributed by atoms with E-state index in [-0.39, 0.29) is 81.6 Å². The summed E-state index contributed by atoms with van der Waals surface area (Å²) in [5.41, 5.74) is 1.23. The number of morpholine rings is 1. The molecule has 2 atom stereocenters. The summed E-state index contributed by atoms with van der Waals surface area (Å²) in [5.74, 6) is -2.42. The number of carbonyl (C=O) groups is 5. The topological polar surface area (TPSA) is 153 Å². The summed E-state index contributed by atoms with van der Waals surface area (Å²) in [4.78, 5) is 65.2. The molecule has 2 unspecified atom stereocenters. The number of hydrogen-bond acceptors (Lipinski definition) is 10. The van der Waals surface area contributed by atoms with Crippen LogP contribution in [0.25, 0.3) is 0 Å². The summed E-state index contributed by atoms with van der Waals surface area (Å²) in [6, 6.07) is 10.1. The first-order valence-corrected chi connectivity index (χ1v) is 14.9. The number of amides is 5. The monoisotopic (exact) mass is 644 g/mol. The lowest BCUT2D eigenvalue weighted by atomic mass is 10.0. The molecular formula is C31H34F2N4O9. The summed E-state index contributed by atoms with van der Waals surface area (Å²) in [6.45, 7) is -0.881. The zero-order valence-electron chi connectivity index (χ0n) is 24.9. The second-order valence-electron chi connectivity index (χ2n) is 10.7. The lowest BCUT2D eigenvalue weighted by Crippen LogP contribution is -2.54. The number of imide groups is 2. The fraction of sp³-hybridized carbons (Fsp3) is 0.452. The third-order valence-corrected chi connectivity index (χ3v) is 7.76. The first-order valence-electron chi connectivity index (χ1n) is 14.9. The van der Waals surface area contributed by atoms with Gasteiger partial charge < -0.3 is 29.2 Å². The van der Waals surface area contributed by atoms with Crippen LogP contribution in [0.1, 0.15) is 51.6 Å². The number of para-hydroxylation sites is 1. The standard InChI is InChI=1S/C31H34F2N4O9/c32-31(33)46-23-7-2-1-4-19(23)24-18-36(12-15-45-24)26(39)10-13-43-16-17-44-14-11-34-21-6-3-5-20-27(21)30(42)37(29(20)41)22-8-9-25(38)35-28(22)40/h1-7,22,24,31,34H,8-18H2,(H,35,38,40). The van der Waals surface area contributed by atoms with Gasteiger partial charge in [0.05, 0.1) is 57.1 Å². The van der Waals surface area contributed by atoms with Crippen molar-refractivity contribution in [2.75, 3.05) is 58.0 Å². The highest BCUT2D eigenvalue weighted by Gasteiger charge is 2.45. The molecule has 5 amide bonds. The predicted molar refractivity (Wildman–Crippen MR) is 156 cm³/mol. The van der Waals surface area contributed by atoms with Crippen molar-refractivity contribution in [2.24, 2.45) is 0 Å². The van der Waals surface area contributed by atoms with Crippen LogP contribution in [0, 0.1) is 0 Å². The fourth-order valence-electron chi connectivity index (χ4n) is 5.57. The Kier molecular flexibility index (Phi) is 10.9. The molecule has 2 aromatic carbocycles. The number of anilines is 1. The third-order valence-electron chi connectivity index (χ3n) is 7.76. The molecule has 3 aliphatic heterocycles. The van der Waals surface area contributed by atoms with Crippen molar-refractivity contribution in [1.29, 1.82) is 0 Å². The molecule has 0 radical (unpaired) electrons. The van der Waals surface area contributed by atoms with Crippen LogP contribution in [0.5, 0.6) is 5.75 Å². The van der Waals surface area contributed by atoms with E-state index < -0.39 is 42.4 Å². The second kappa shape index (κ2) is 15.2. The minimum absolute atomic E-state index is 0.0167. The fourth-order valence-corrected chi connectivity index (χ4v) is 5.57. The normalized spacial score (nSPS) is 19.8. The highest BCUT2D eigenvalue weighted by molar-refractivity contribution is 6.25. The largest absolute Gasteiger partial charge is 0.434 e. The number of ether oxygens (including phenoxy) is 4. The average molecular weight is 645 g/mol. The Balaban J connectivity index is 0.993. The number of rotatable bonds is 14. The van der Waals surface area contributed by atoms with Crippen LogP contribution in [-0.2, 0) is 28.6 Å². The van der Waals surface area contributed by atoms with E-state index >= 15 is 0 Å². The lowest BCUT2D eigenvalue weighted by Gasteiger charge is -2.33. The van der Waals surface area contributed by atoms with Crippen molar-refractivity contribution in [3.63, 3.8) is 0 Å². The van der Waals surface area contributed by atoms with Crippen LogP contribution in [0.15, 0.2) is 42.5 Å². The Labute approximate surface area is 263 Å². The summed E-state index contributed by atoms with van der Waals surface area (Å²) in [6.07, 6.45) is -0.340. The summed E-state index contributed by atoms with van der Waals surface area (Å²) < 4.78 is 47.0. The molecule has 3 aliphatic rings. The van der Waals surface area contributed by atoms with Crippen LogP contribution in [0.4, 0.5) is 14.5 Å². The number of halogens is 2. The van der Waals surface area contributed by atoms with E-state index in [1.165, 1.54) is 12.1 Å². The van der Waals surface area contributed by atoms with Gasteiger partial charge in [-0.15, -0.1) is 0 Å². The minimum atomic E-state index is -2.97. The van der Waals surface area contributed by atoms with Crippen molar-refractivity contribution in [1.82, 2.24) is 15.1 Å². The third kappa shape index (κ3) is 7.66. The summed E-state index contributed by atoms with van der Waals surface area (Å²) >= 11 is 0. The Bertz CT molecular complexity index is 1470. The van der Waals surface area contributed by atoms with Crippen molar-refractivity contribution in [3.8, 4) is 5.75 Å². The summed E-state index contributed by atoms with van der Waals surface area (Å²) in [5, 5.41) is 5.27. The number of carbonyl (C=O) groups excluding carboxylic acids is 5. The van der Waals surface area contributed by atoms with Crippen LogP contribution >= 0.6 is 0 Å². The maximum atomic E-state index is 13.2. The van der Waals surface area contributed by atoms with E-state index in [0.717, 1.165) is 4.90 Å². The van der Waals surface area contributed by atoms with Gasteiger partial charge in [0.25, 0.3) is 11.8 Å². The van der Waals surface area contributed by atoms with Crippen LogP contribution in [0.2, 0.25) is 0 Å². The Morgan fingerprint density at radius 3 is 2.57 bits per heavy atom. The number of piperidine rings is 1. The molecule has 0 saturated carbocycles. The zero-order valence-corrected chi connectivity index (χ0v) is 24.9. The molecule has 3 heterocycles. The highest BCUT2D eigenvalue weighted by atomic mass is 19.3. The molecule has 0 aromatic heterocycles. The molecule has 13 nitrogen and oxygen atoms in total. The van der Waals surface area contributed by atoms with E-state index in [4.69, 9.17) is 14.2 Å². The minimum Gasteiger partial charge on any atom is -0.434 e. The van der Waals surface area contributed by atoms with Gasteiger partial charge in [-0.25, -0.2) is 0 Å². The first kappa shape index (κ1) is 32.9. The summed E-state index contributed by atoms with van der Waals surface area (Å²) in [7, 11) is 0. The quantitative estimate of drug-likeness (QED) is 0.231. The SMILES string of the molecule is O=C1CCC(N2C(=O)c3cccc(NCCOCCOCCC(=O)N4CCOC(c5ccccc5OC(F)F)C4)c3C2=O)C(=O)N1. The highest BCUT2D eigenvalue weighted by Crippen LogP contribution is 2.33. The van der Waals surface area contributed by atoms with Crippen molar-refractivity contribution >= 4 is 35.2 Å². The van der Waals surface area contributed by atoms with Gasteiger partial charge >= 0.3 is 6.61 Å². The number of fused-ring (bicyclic) bond motifs is 1. The zero-order chi connectivity index (χ0) is 32.6. The van der Waals surface area contributed by atoms with E-state index in [9.17, 15) is 32.8 Å². The molecule has 2 N–H and O–H groups in total. The van der Waals surface area contributed by atoms with Gasteiger partial charge in [0.1, 0.15) is 17.9 Å². The molecule has 0 bridgehead atoms. The number of nitrogens with one attached hydrogen (secondary N) is 2. The number of hydrogen-bond donors (Lipinski definition) is 2. The number of benzene rings is 2. The van der Waals surface area contributed by atoms with Crippen molar-refractivity contribution in [3.05, 3.63) is 59.2 Å². The molecular weight excluding hydrogens is 610 g/mol.